The number of imidazole rings is 1. The second-order valence-corrected chi connectivity index (χ2v) is 3.48. The van der Waals surface area contributed by atoms with Gasteiger partial charge in [0.1, 0.15) is 12.4 Å². The van der Waals surface area contributed by atoms with Gasteiger partial charge in [0.2, 0.25) is 0 Å². The zero-order chi connectivity index (χ0) is 13.0. The molecule has 0 atom stereocenters. The van der Waals surface area contributed by atoms with Crippen LogP contribution in [0.4, 0.5) is 16.4 Å². The van der Waals surface area contributed by atoms with Gasteiger partial charge in [0.05, 0.1) is 12.7 Å². The Kier molecular flexibility index (Phi) is 3.46. The van der Waals surface area contributed by atoms with Crippen LogP contribution in [-0.4, -0.2) is 40.7 Å². The van der Waals surface area contributed by atoms with E-state index in [2.05, 4.69) is 25.3 Å². The molecule has 96 valence electrons. The Morgan fingerprint density at radius 1 is 1.61 bits per heavy atom. The van der Waals surface area contributed by atoms with E-state index in [1.165, 1.54) is 0 Å². The maximum Gasteiger partial charge on any atom is 0.404 e. The van der Waals surface area contributed by atoms with Crippen LogP contribution in [0.2, 0.25) is 0 Å². The molecular formula is C10H14N6O2. The fourth-order valence-corrected chi connectivity index (χ4v) is 1.49. The van der Waals surface area contributed by atoms with Gasteiger partial charge in [0.15, 0.2) is 11.5 Å². The van der Waals surface area contributed by atoms with Gasteiger partial charge in [-0.25, -0.2) is 14.8 Å². The molecule has 0 aromatic carbocycles. The molecule has 0 bridgehead atoms. The van der Waals surface area contributed by atoms with Crippen LogP contribution in [0.25, 0.3) is 5.65 Å². The Balaban J connectivity index is 2.10. The number of nitrogens with one attached hydrogen (secondary N) is 2. The van der Waals surface area contributed by atoms with Crippen molar-refractivity contribution in [3.63, 3.8) is 0 Å². The van der Waals surface area contributed by atoms with Crippen molar-refractivity contribution >= 4 is 23.4 Å². The molecule has 2 aromatic rings. The van der Waals surface area contributed by atoms with Crippen molar-refractivity contribution in [2.24, 2.45) is 5.73 Å². The first-order chi connectivity index (χ1) is 8.70. The van der Waals surface area contributed by atoms with Gasteiger partial charge >= 0.3 is 6.09 Å². The minimum absolute atomic E-state index is 0.174. The van der Waals surface area contributed by atoms with Crippen LogP contribution in [0.1, 0.15) is 0 Å². The van der Waals surface area contributed by atoms with Crippen molar-refractivity contribution < 1.29 is 9.53 Å². The molecule has 0 saturated carbocycles. The number of fused-ring (bicyclic) bond motifs is 1. The van der Waals surface area contributed by atoms with Gasteiger partial charge in [-0.2, -0.15) is 0 Å². The minimum atomic E-state index is -0.792. The highest BCUT2D eigenvalue weighted by Gasteiger charge is 2.06. The molecule has 4 N–H and O–H groups in total. The number of carbonyl (C=O) groups is 1. The number of nitrogens with zero attached hydrogens (tertiary/aromatic N) is 3. The maximum absolute atomic E-state index is 10.4. The van der Waals surface area contributed by atoms with Crippen LogP contribution in [-0.2, 0) is 4.74 Å². The lowest BCUT2D eigenvalue weighted by atomic mass is 10.5. The molecule has 0 saturated heterocycles. The Labute approximate surface area is 103 Å². The molecule has 0 aliphatic rings. The minimum Gasteiger partial charge on any atom is -0.448 e. The lowest BCUT2D eigenvalue weighted by molar-refractivity contribution is 0.161. The Bertz CT molecular complexity index is 552. The summed E-state index contributed by atoms with van der Waals surface area (Å²) in [5.74, 6) is 1.32. The Morgan fingerprint density at radius 3 is 3.17 bits per heavy atom. The van der Waals surface area contributed by atoms with Gasteiger partial charge in [-0.05, 0) is 0 Å². The van der Waals surface area contributed by atoms with E-state index < -0.39 is 6.09 Å². The fourth-order valence-electron chi connectivity index (χ4n) is 1.49. The molecule has 0 aliphatic carbocycles. The maximum atomic E-state index is 10.4. The smallest absolute Gasteiger partial charge is 0.404 e. The number of primary amides is 1. The van der Waals surface area contributed by atoms with Crippen LogP contribution >= 0.6 is 0 Å². The Hall–Kier alpha value is -2.51. The largest absolute Gasteiger partial charge is 0.448 e. The summed E-state index contributed by atoms with van der Waals surface area (Å²) >= 11 is 0. The first-order valence-corrected chi connectivity index (χ1v) is 5.38. The molecule has 2 rings (SSSR count). The molecule has 0 aliphatic heterocycles. The molecule has 0 fully saturated rings. The average Bonchev–Trinajstić information content (AvgIpc) is 2.82. The molecule has 1 amide bonds. The van der Waals surface area contributed by atoms with Crippen molar-refractivity contribution in [2.75, 3.05) is 30.8 Å². The van der Waals surface area contributed by atoms with E-state index >= 15 is 0 Å². The predicted octanol–water partition coefficient (Wildman–Crippen LogP) is 0.278. The van der Waals surface area contributed by atoms with Gasteiger partial charge < -0.3 is 25.5 Å². The SMILES string of the molecule is CNc1cn2ccnc2c(NCCOC(N)=O)n1. The van der Waals surface area contributed by atoms with Gasteiger partial charge in [-0.1, -0.05) is 0 Å². The molecule has 18 heavy (non-hydrogen) atoms. The highest BCUT2D eigenvalue weighted by molar-refractivity contribution is 5.66. The molecule has 0 radical (unpaired) electrons. The number of amides is 1. The van der Waals surface area contributed by atoms with Gasteiger partial charge in [-0.3, -0.25) is 0 Å². The summed E-state index contributed by atoms with van der Waals surface area (Å²) in [7, 11) is 1.78. The van der Waals surface area contributed by atoms with Crippen molar-refractivity contribution in [1.29, 1.82) is 0 Å². The summed E-state index contributed by atoms with van der Waals surface area (Å²) in [6.45, 7) is 0.583. The topological polar surface area (TPSA) is 107 Å². The molecule has 2 heterocycles. The number of ether oxygens (including phenoxy) is 1. The lowest BCUT2D eigenvalue weighted by Crippen LogP contribution is -2.19. The zero-order valence-electron chi connectivity index (χ0n) is 9.88. The lowest BCUT2D eigenvalue weighted by Gasteiger charge is -2.09. The molecule has 8 heteroatoms. The van der Waals surface area contributed by atoms with Gasteiger partial charge in [0.25, 0.3) is 0 Å². The summed E-state index contributed by atoms with van der Waals surface area (Å²) in [4.78, 5) is 18.9. The first kappa shape index (κ1) is 12.0. The van der Waals surface area contributed by atoms with Crippen LogP contribution in [0, 0.1) is 0 Å². The van der Waals surface area contributed by atoms with Crippen LogP contribution in [0.3, 0.4) is 0 Å². The van der Waals surface area contributed by atoms with E-state index in [-0.39, 0.29) is 6.61 Å². The quantitative estimate of drug-likeness (QED) is 0.658. The molecule has 0 unspecified atom stereocenters. The summed E-state index contributed by atoms with van der Waals surface area (Å²) in [5, 5.41) is 5.99. The normalized spacial score (nSPS) is 10.3. The summed E-state index contributed by atoms with van der Waals surface area (Å²) < 4.78 is 6.46. The Morgan fingerprint density at radius 2 is 2.44 bits per heavy atom. The van der Waals surface area contributed by atoms with Crippen LogP contribution in [0.5, 0.6) is 0 Å². The van der Waals surface area contributed by atoms with Crippen LogP contribution in [0.15, 0.2) is 18.6 Å². The number of hydrogen-bond donors (Lipinski definition) is 3. The van der Waals surface area contributed by atoms with E-state index in [0.29, 0.717) is 23.8 Å². The number of hydrogen-bond acceptors (Lipinski definition) is 6. The van der Waals surface area contributed by atoms with E-state index in [1.54, 1.807) is 13.2 Å². The zero-order valence-corrected chi connectivity index (χ0v) is 9.88. The molecule has 8 nitrogen and oxygen atoms in total. The van der Waals surface area contributed by atoms with E-state index in [1.807, 2.05) is 16.8 Å². The van der Waals surface area contributed by atoms with E-state index in [9.17, 15) is 4.79 Å². The first-order valence-electron chi connectivity index (χ1n) is 5.38. The molecular weight excluding hydrogens is 236 g/mol. The van der Waals surface area contributed by atoms with Crippen LogP contribution < -0.4 is 16.4 Å². The third kappa shape index (κ3) is 2.59. The predicted molar refractivity (Wildman–Crippen MR) is 66.6 cm³/mol. The van der Waals surface area contributed by atoms with Crippen molar-refractivity contribution in [3.8, 4) is 0 Å². The number of carbonyl (C=O) groups excluding carboxylic acids is 1. The van der Waals surface area contributed by atoms with E-state index in [4.69, 9.17) is 5.73 Å². The summed E-state index contributed by atoms with van der Waals surface area (Å²) in [6, 6.07) is 0. The second-order valence-electron chi connectivity index (χ2n) is 3.48. The standard InChI is InChI=1S/C10H14N6O2/c1-12-7-6-16-4-2-14-9(16)8(15-7)13-3-5-18-10(11)17/h2,4,6,12H,3,5H2,1H3,(H2,11,17)(H,13,15). The monoisotopic (exact) mass is 250 g/mol. The van der Waals surface area contributed by atoms with Crippen molar-refractivity contribution in [1.82, 2.24) is 14.4 Å². The third-order valence-electron chi connectivity index (χ3n) is 2.27. The number of aromatic nitrogens is 3. The summed E-state index contributed by atoms with van der Waals surface area (Å²) in [6.07, 6.45) is 4.54. The van der Waals surface area contributed by atoms with E-state index in [0.717, 1.165) is 0 Å². The van der Waals surface area contributed by atoms with Gasteiger partial charge in [0, 0.05) is 19.4 Å². The third-order valence-corrected chi connectivity index (χ3v) is 2.27. The number of rotatable bonds is 5. The second kappa shape index (κ2) is 5.21. The number of nitrogens with two attached hydrogens (primary N) is 1. The highest BCUT2D eigenvalue weighted by atomic mass is 16.5. The highest BCUT2D eigenvalue weighted by Crippen LogP contribution is 2.15. The van der Waals surface area contributed by atoms with Gasteiger partial charge in [-0.15, -0.1) is 0 Å². The molecule has 2 aromatic heterocycles. The summed E-state index contributed by atoms with van der Waals surface area (Å²) in [5.41, 5.74) is 5.56. The molecule has 0 spiro atoms. The average molecular weight is 250 g/mol. The van der Waals surface area contributed by atoms with Crippen molar-refractivity contribution in [2.45, 2.75) is 0 Å². The fraction of sp³-hybridized carbons (Fsp3) is 0.300. The van der Waals surface area contributed by atoms with Crippen molar-refractivity contribution in [3.05, 3.63) is 18.6 Å². The number of anilines is 2.